The van der Waals surface area contributed by atoms with Gasteiger partial charge in [-0.15, -0.1) is 11.3 Å². The molecule has 0 fully saturated rings. The summed E-state index contributed by atoms with van der Waals surface area (Å²) in [5.41, 5.74) is 0. The van der Waals surface area contributed by atoms with Crippen molar-refractivity contribution < 1.29 is 14.3 Å². The van der Waals surface area contributed by atoms with Crippen LogP contribution in [-0.2, 0) is 4.74 Å². The number of carbonyl (C=O) groups is 1. The van der Waals surface area contributed by atoms with E-state index < -0.39 is 5.97 Å². The van der Waals surface area contributed by atoms with Gasteiger partial charge in [0.2, 0.25) is 0 Å². The first-order valence-corrected chi connectivity index (χ1v) is 5.09. The maximum absolute atomic E-state index is 11.4. The van der Waals surface area contributed by atoms with Crippen LogP contribution in [0.3, 0.4) is 0 Å². The number of esters is 1. The third kappa shape index (κ3) is 1.55. The Morgan fingerprint density at radius 1 is 1.47 bits per heavy atom. The molecule has 0 aliphatic carbocycles. The van der Waals surface area contributed by atoms with E-state index in [0.29, 0.717) is 10.6 Å². The molecule has 2 aromatic heterocycles. The van der Waals surface area contributed by atoms with Crippen molar-refractivity contribution >= 4 is 27.5 Å². The van der Waals surface area contributed by atoms with Gasteiger partial charge in [-0.2, -0.15) is 0 Å². The first-order valence-electron chi connectivity index (χ1n) is 4.27. The Bertz CT molecular complexity index is 506. The molecule has 0 amide bonds. The minimum absolute atomic E-state index is 0.394. The van der Waals surface area contributed by atoms with Crippen molar-refractivity contribution in [2.45, 2.75) is 0 Å². The lowest BCUT2D eigenvalue weighted by Crippen LogP contribution is -2.00. The maximum Gasteiger partial charge on any atom is 0.351 e. The SMILES string of the molecule is COC(=O)c1sc2ncccc2c1OC. The standard InChI is InChI=1S/C10H9NO3S/c1-13-7-6-4-3-5-11-9(6)15-8(7)10(12)14-2/h3-5H,1-2H3. The van der Waals surface area contributed by atoms with E-state index in [-0.39, 0.29) is 0 Å². The van der Waals surface area contributed by atoms with Crippen molar-refractivity contribution in [3.8, 4) is 5.75 Å². The average molecular weight is 223 g/mol. The van der Waals surface area contributed by atoms with Crippen molar-refractivity contribution in [3.63, 3.8) is 0 Å². The van der Waals surface area contributed by atoms with Crippen molar-refractivity contribution in [2.75, 3.05) is 14.2 Å². The molecular formula is C10H9NO3S. The average Bonchev–Trinajstić information content (AvgIpc) is 2.66. The molecule has 2 aromatic rings. The number of carbonyl (C=O) groups excluding carboxylic acids is 1. The fraction of sp³-hybridized carbons (Fsp3) is 0.200. The van der Waals surface area contributed by atoms with Crippen LogP contribution in [0.15, 0.2) is 18.3 Å². The number of fused-ring (bicyclic) bond motifs is 1. The summed E-state index contributed by atoms with van der Waals surface area (Å²) in [5, 5.41) is 0.838. The first-order chi connectivity index (χ1) is 7.27. The summed E-state index contributed by atoms with van der Waals surface area (Å²) in [6.45, 7) is 0. The molecule has 0 N–H and O–H groups in total. The van der Waals surface area contributed by atoms with E-state index >= 15 is 0 Å². The van der Waals surface area contributed by atoms with Crippen LogP contribution in [0, 0.1) is 0 Å². The molecule has 0 aliphatic rings. The smallest absolute Gasteiger partial charge is 0.351 e. The highest BCUT2D eigenvalue weighted by Crippen LogP contribution is 2.36. The minimum atomic E-state index is -0.394. The van der Waals surface area contributed by atoms with Gasteiger partial charge < -0.3 is 9.47 Å². The van der Waals surface area contributed by atoms with Crippen LogP contribution in [-0.4, -0.2) is 25.2 Å². The summed E-state index contributed by atoms with van der Waals surface area (Å²) in [5.74, 6) is 0.143. The number of ether oxygens (including phenoxy) is 2. The number of thiophene rings is 1. The molecule has 5 heteroatoms. The summed E-state index contributed by atoms with van der Waals surface area (Å²) >= 11 is 1.27. The third-order valence-electron chi connectivity index (χ3n) is 2.00. The highest BCUT2D eigenvalue weighted by Gasteiger charge is 2.19. The number of hydrogen-bond donors (Lipinski definition) is 0. The molecule has 0 atom stereocenters. The highest BCUT2D eigenvalue weighted by molar-refractivity contribution is 7.20. The Hall–Kier alpha value is -1.62. The van der Waals surface area contributed by atoms with Gasteiger partial charge in [0.25, 0.3) is 0 Å². The zero-order valence-electron chi connectivity index (χ0n) is 8.31. The number of hydrogen-bond acceptors (Lipinski definition) is 5. The van der Waals surface area contributed by atoms with Crippen LogP contribution in [0.1, 0.15) is 9.67 Å². The quantitative estimate of drug-likeness (QED) is 0.731. The van der Waals surface area contributed by atoms with E-state index in [2.05, 4.69) is 9.72 Å². The van der Waals surface area contributed by atoms with Crippen molar-refractivity contribution in [2.24, 2.45) is 0 Å². The predicted octanol–water partition coefficient (Wildman–Crippen LogP) is 2.09. The Morgan fingerprint density at radius 2 is 2.27 bits per heavy atom. The van der Waals surface area contributed by atoms with E-state index in [4.69, 9.17) is 4.74 Å². The van der Waals surface area contributed by atoms with Crippen LogP contribution in [0.25, 0.3) is 10.2 Å². The van der Waals surface area contributed by atoms with Crippen molar-refractivity contribution in [1.29, 1.82) is 0 Å². The van der Waals surface area contributed by atoms with E-state index in [1.54, 1.807) is 12.3 Å². The Morgan fingerprint density at radius 3 is 2.93 bits per heavy atom. The van der Waals surface area contributed by atoms with Gasteiger partial charge in [0, 0.05) is 6.20 Å². The minimum Gasteiger partial charge on any atom is -0.494 e. The summed E-state index contributed by atoms with van der Waals surface area (Å²) in [6, 6.07) is 3.67. The van der Waals surface area contributed by atoms with Gasteiger partial charge in [0.15, 0.2) is 10.6 Å². The molecule has 0 aliphatic heterocycles. The monoisotopic (exact) mass is 223 g/mol. The number of rotatable bonds is 2. The van der Waals surface area contributed by atoms with Gasteiger partial charge in [0.1, 0.15) is 4.83 Å². The molecule has 2 heterocycles. The van der Waals surface area contributed by atoms with E-state index in [9.17, 15) is 4.79 Å². The summed E-state index contributed by atoms with van der Waals surface area (Å²) < 4.78 is 9.86. The lowest BCUT2D eigenvalue weighted by atomic mass is 10.3. The third-order valence-corrected chi connectivity index (χ3v) is 3.07. The van der Waals surface area contributed by atoms with Crippen LogP contribution in [0.5, 0.6) is 5.75 Å². The van der Waals surface area contributed by atoms with Gasteiger partial charge in [-0.25, -0.2) is 9.78 Å². The van der Waals surface area contributed by atoms with Crippen LogP contribution in [0.2, 0.25) is 0 Å². The first kappa shape index (κ1) is 9.92. The Labute approximate surface area is 90.5 Å². The van der Waals surface area contributed by atoms with Crippen LogP contribution >= 0.6 is 11.3 Å². The molecule has 4 nitrogen and oxygen atoms in total. The van der Waals surface area contributed by atoms with Crippen molar-refractivity contribution in [3.05, 3.63) is 23.2 Å². The lowest BCUT2D eigenvalue weighted by Gasteiger charge is -2.00. The fourth-order valence-electron chi connectivity index (χ4n) is 1.34. The number of aromatic nitrogens is 1. The largest absolute Gasteiger partial charge is 0.494 e. The zero-order chi connectivity index (χ0) is 10.8. The molecular weight excluding hydrogens is 214 g/mol. The molecule has 0 bridgehead atoms. The van der Waals surface area contributed by atoms with E-state index in [1.807, 2.05) is 6.07 Å². The van der Waals surface area contributed by atoms with Gasteiger partial charge in [0.05, 0.1) is 19.6 Å². The number of pyridine rings is 1. The molecule has 0 unspecified atom stereocenters. The molecule has 0 spiro atoms. The lowest BCUT2D eigenvalue weighted by molar-refractivity contribution is 0.0603. The topological polar surface area (TPSA) is 48.4 Å². The van der Waals surface area contributed by atoms with Gasteiger partial charge in [-0.3, -0.25) is 0 Å². The zero-order valence-corrected chi connectivity index (χ0v) is 9.13. The maximum atomic E-state index is 11.4. The van der Waals surface area contributed by atoms with Gasteiger partial charge in [-0.05, 0) is 12.1 Å². The molecule has 0 aromatic carbocycles. The molecule has 0 radical (unpaired) electrons. The number of nitrogens with zero attached hydrogens (tertiary/aromatic N) is 1. The Kier molecular flexibility index (Phi) is 2.55. The summed E-state index contributed by atoms with van der Waals surface area (Å²) in [4.78, 5) is 16.8. The highest BCUT2D eigenvalue weighted by atomic mass is 32.1. The van der Waals surface area contributed by atoms with E-state index in [0.717, 1.165) is 10.2 Å². The van der Waals surface area contributed by atoms with Gasteiger partial charge >= 0.3 is 5.97 Å². The van der Waals surface area contributed by atoms with E-state index in [1.165, 1.54) is 25.6 Å². The second kappa shape index (κ2) is 3.86. The molecule has 0 saturated carbocycles. The van der Waals surface area contributed by atoms with Crippen LogP contribution in [0.4, 0.5) is 0 Å². The second-order valence-corrected chi connectivity index (χ2v) is 3.81. The molecule has 0 saturated heterocycles. The summed E-state index contributed by atoms with van der Waals surface area (Å²) in [7, 11) is 2.88. The molecule has 78 valence electrons. The van der Waals surface area contributed by atoms with Crippen LogP contribution < -0.4 is 4.74 Å². The molecule has 2 rings (SSSR count). The fourth-order valence-corrected chi connectivity index (χ4v) is 2.37. The number of methoxy groups -OCH3 is 2. The molecule has 15 heavy (non-hydrogen) atoms. The van der Waals surface area contributed by atoms with Gasteiger partial charge in [-0.1, -0.05) is 0 Å². The second-order valence-electron chi connectivity index (χ2n) is 2.81. The van der Waals surface area contributed by atoms with Crippen molar-refractivity contribution in [1.82, 2.24) is 4.98 Å². The normalized spacial score (nSPS) is 10.3. The Balaban J connectivity index is 2.69. The predicted molar refractivity (Wildman–Crippen MR) is 57.5 cm³/mol. The summed E-state index contributed by atoms with van der Waals surface area (Å²) in [6.07, 6.45) is 1.68.